The van der Waals surface area contributed by atoms with Crippen LogP contribution in [0.15, 0.2) is 6.07 Å². The summed E-state index contributed by atoms with van der Waals surface area (Å²) in [5.74, 6) is -0.959. The summed E-state index contributed by atoms with van der Waals surface area (Å²) in [5.41, 5.74) is 1.13. The van der Waals surface area contributed by atoms with Crippen LogP contribution in [-0.2, 0) is 6.42 Å². The molecule has 1 aromatic carbocycles. The third-order valence-electron chi connectivity index (χ3n) is 2.16. The van der Waals surface area contributed by atoms with Crippen LogP contribution in [0.4, 0.5) is 4.39 Å². The van der Waals surface area contributed by atoms with Gasteiger partial charge in [0, 0.05) is 6.61 Å². The zero-order chi connectivity index (χ0) is 10.7. The maximum atomic E-state index is 13.2. The fraction of sp³-hybridized carbons (Fsp3) is 0.400. The molecular weight excluding hydrogens is 187 g/mol. The van der Waals surface area contributed by atoms with E-state index in [1.165, 1.54) is 13.2 Å². The van der Waals surface area contributed by atoms with Crippen molar-refractivity contribution < 1.29 is 19.3 Å². The van der Waals surface area contributed by atoms with E-state index in [0.717, 1.165) is 0 Å². The Morgan fingerprint density at radius 2 is 2.14 bits per heavy atom. The van der Waals surface area contributed by atoms with E-state index in [1.807, 2.05) is 0 Å². The molecule has 0 spiro atoms. The monoisotopic (exact) mass is 200 g/mol. The number of methoxy groups -OCH3 is 1. The molecular formula is C10H13FO3. The Balaban J connectivity index is 3.25. The minimum absolute atomic E-state index is 0.0773. The fourth-order valence-corrected chi connectivity index (χ4v) is 1.34. The smallest absolute Gasteiger partial charge is 0.196 e. The standard InChI is InChI=1S/C10H13FO3/c1-6-7(3-4-12)5-8(11)10(14-2)9(6)13/h5,12-13H,3-4H2,1-2H3. The first kappa shape index (κ1) is 10.8. The molecule has 0 amide bonds. The van der Waals surface area contributed by atoms with Crippen molar-refractivity contribution >= 4 is 0 Å². The van der Waals surface area contributed by atoms with Gasteiger partial charge in [-0.25, -0.2) is 4.39 Å². The van der Waals surface area contributed by atoms with Gasteiger partial charge < -0.3 is 14.9 Å². The number of ether oxygens (including phenoxy) is 1. The molecule has 2 N–H and O–H groups in total. The molecule has 78 valence electrons. The fourth-order valence-electron chi connectivity index (χ4n) is 1.34. The highest BCUT2D eigenvalue weighted by molar-refractivity contribution is 5.50. The zero-order valence-electron chi connectivity index (χ0n) is 8.17. The molecule has 0 aliphatic heterocycles. The normalized spacial score (nSPS) is 10.3. The lowest BCUT2D eigenvalue weighted by atomic mass is 10.0. The summed E-state index contributed by atoms with van der Waals surface area (Å²) in [5, 5.41) is 18.3. The van der Waals surface area contributed by atoms with Crippen LogP contribution in [0, 0.1) is 12.7 Å². The summed E-state index contributed by atoms with van der Waals surface area (Å²) < 4.78 is 18.0. The number of halogens is 1. The van der Waals surface area contributed by atoms with Crippen LogP contribution in [0.2, 0.25) is 0 Å². The van der Waals surface area contributed by atoms with E-state index < -0.39 is 5.82 Å². The molecule has 3 nitrogen and oxygen atoms in total. The minimum Gasteiger partial charge on any atom is -0.504 e. The summed E-state index contributed by atoms with van der Waals surface area (Å²) in [6.07, 6.45) is 0.320. The van der Waals surface area contributed by atoms with Gasteiger partial charge in [-0.1, -0.05) is 0 Å². The molecule has 0 atom stereocenters. The molecule has 0 saturated heterocycles. The molecule has 4 heteroatoms. The second kappa shape index (κ2) is 4.28. The van der Waals surface area contributed by atoms with Gasteiger partial charge in [0.05, 0.1) is 7.11 Å². The molecule has 0 heterocycles. The summed E-state index contributed by atoms with van der Waals surface area (Å²) in [6, 6.07) is 1.27. The predicted octanol–water partition coefficient (Wildman–Crippen LogP) is 1.38. The van der Waals surface area contributed by atoms with Crippen molar-refractivity contribution in [1.82, 2.24) is 0 Å². The van der Waals surface area contributed by atoms with Crippen LogP contribution in [-0.4, -0.2) is 23.9 Å². The van der Waals surface area contributed by atoms with E-state index in [0.29, 0.717) is 17.5 Å². The molecule has 0 aliphatic rings. The minimum atomic E-state index is -0.612. The van der Waals surface area contributed by atoms with Gasteiger partial charge in [-0.05, 0) is 30.5 Å². The number of aliphatic hydroxyl groups excluding tert-OH is 1. The number of rotatable bonds is 3. The first-order valence-corrected chi connectivity index (χ1v) is 4.27. The van der Waals surface area contributed by atoms with Gasteiger partial charge in [0.2, 0.25) is 0 Å². The van der Waals surface area contributed by atoms with Gasteiger partial charge in [0.1, 0.15) is 0 Å². The van der Waals surface area contributed by atoms with Crippen LogP contribution < -0.4 is 4.74 Å². The second-order valence-electron chi connectivity index (χ2n) is 3.00. The van der Waals surface area contributed by atoms with Gasteiger partial charge in [0.25, 0.3) is 0 Å². The first-order valence-electron chi connectivity index (χ1n) is 4.27. The summed E-state index contributed by atoms with van der Waals surface area (Å²) >= 11 is 0. The highest BCUT2D eigenvalue weighted by Gasteiger charge is 2.14. The van der Waals surface area contributed by atoms with E-state index in [1.54, 1.807) is 6.92 Å². The molecule has 1 aromatic rings. The quantitative estimate of drug-likeness (QED) is 0.775. The summed E-state index contributed by atoms with van der Waals surface area (Å²) in [4.78, 5) is 0. The molecule has 1 rings (SSSR count). The largest absolute Gasteiger partial charge is 0.504 e. The van der Waals surface area contributed by atoms with E-state index in [9.17, 15) is 9.50 Å². The molecule has 0 aliphatic carbocycles. The van der Waals surface area contributed by atoms with Crippen LogP contribution in [0.5, 0.6) is 11.5 Å². The first-order chi connectivity index (χ1) is 6.61. The Bertz CT molecular complexity index is 337. The Morgan fingerprint density at radius 1 is 1.50 bits per heavy atom. The number of hydrogen-bond acceptors (Lipinski definition) is 3. The van der Waals surface area contributed by atoms with Gasteiger partial charge >= 0.3 is 0 Å². The Labute approximate surface area is 81.8 Å². The summed E-state index contributed by atoms with van der Waals surface area (Å²) in [6.45, 7) is 1.58. The predicted molar refractivity (Wildman–Crippen MR) is 50.1 cm³/mol. The number of benzene rings is 1. The number of phenolic OH excluding ortho intramolecular Hbond substituents is 1. The van der Waals surface area contributed by atoms with Crippen LogP contribution >= 0.6 is 0 Å². The van der Waals surface area contributed by atoms with Crippen molar-refractivity contribution in [3.05, 3.63) is 23.0 Å². The SMILES string of the molecule is COc1c(F)cc(CCO)c(C)c1O. The van der Waals surface area contributed by atoms with Crippen molar-refractivity contribution in [2.75, 3.05) is 13.7 Å². The van der Waals surface area contributed by atoms with E-state index in [-0.39, 0.29) is 18.1 Å². The molecule has 0 saturated carbocycles. The number of aliphatic hydroxyl groups is 1. The molecule has 0 bridgehead atoms. The maximum Gasteiger partial charge on any atom is 0.196 e. The Hall–Kier alpha value is -1.29. The highest BCUT2D eigenvalue weighted by atomic mass is 19.1. The lowest BCUT2D eigenvalue weighted by molar-refractivity contribution is 0.298. The van der Waals surface area contributed by atoms with E-state index in [2.05, 4.69) is 0 Å². The van der Waals surface area contributed by atoms with Crippen LogP contribution in [0.25, 0.3) is 0 Å². The van der Waals surface area contributed by atoms with E-state index in [4.69, 9.17) is 9.84 Å². The van der Waals surface area contributed by atoms with Gasteiger partial charge in [0.15, 0.2) is 17.3 Å². The van der Waals surface area contributed by atoms with Crippen molar-refractivity contribution in [3.63, 3.8) is 0 Å². The summed E-state index contributed by atoms with van der Waals surface area (Å²) in [7, 11) is 1.29. The molecule has 0 radical (unpaired) electrons. The van der Waals surface area contributed by atoms with Crippen molar-refractivity contribution in [2.24, 2.45) is 0 Å². The Kier molecular flexibility index (Phi) is 3.30. The molecule has 0 fully saturated rings. The lowest BCUT2D eigenvalue weighted by Crippen LogP contribution is -1.98. The lowest BCUT2D eigenvalue weighted by Gasteiger charge is -2.11. The number of hydrogen-bond donors (Lipinski definition) is 2. The molecule has 0 aromatic heterocycles. The van der Waals surface area contributed by atoms with Crippen molar-refractivity contribution in [2.45, 2.75) is 13.3 Å². The molecule has 0 unspecified atom stereocenters. The van der Waals surface area contributed by atoms with Crippen molar-refractivity contribution in [1.29, 1.82) is 0 Å². The zero-order valence-corrected chi connectivity index (χ0v) is 8.17. The topological polar surface area (TPSA) is 49.7 Å². The number of aromatic hydroxyl groups is 1. The van der Waals surface area contributed by atoms with Gasteiger partial charge in [-0.3, -0.25) is 0 Å². The molecule has 14 heavy (non-hydrogen) atoms. The highest BCUT2D eigenvalue weighted by Crippen LogP contribution is 2.34. The van der Waals surface area contributed by atoms with E-state index >= 15 is 0 Å². The third-order valence-corrected chi connectivity index (χ3v) is 2.16. The van der Waals surface area contributed by atoms with Crippen LogP contribution in [0.3, 0.4) is 0 Å². The van der Waals surface area contributed by atoms with Gasteiger partial charge in [-0.2, -0.15) is 0 Å². The average molecular weight is 200 g/mol. The second-order valence-corrected chi connectivity index (χ2v) is 3.00. The van der Waals surface area contributed by atoms with Crippen molar-refractivity contribution in [3.8, 4) is 11.5 Å². The maximum absolute atomic E-state index is 13.2. The Morgan fingerprint density at radius 3 is 2.64 bits per heavy atom. The van der Waals surface area contributed by atoms with Crippen LogP contribution in [0.1, 0.15) is 11.1 Å². The third kappa shape index (κ3) is 1.80. The number of phenols is 1. The van der Waals surface area contributed by atoms with Gasteiger partial charge in [-0.15, -0.1) is 0 Å². The average Bonchev–Trinajstić information content (AvgIpc) is 2.15.